The molecule has 0 aliphatic carbocycles. The van der Waals surface area contributed by atoms with Crippen molar-refractivity contribution in [2.75, 3.05) is 13.1 Å². The van der Waals surface area contributed by atoms with Crippen LogP contribution in [-0.2, 0) is 10.0 Å². The Bertz CT molecular complexity index is 535. The predicted octanol–water partition coefficient (Wildman–Crippen LogP) is 0.907. The van der Waals surface area contributed by atoms with Crippen molar-refractivity contribution in [3.63, 3.8) is 0 Å². The summed E-state index contributed by atoms with van der Waals surface area (Å²) < 4.78 is 25.6. The van der Waals surface area contributed by atoms with Gasteiger partial charge in [-0.05, 0) is 12.1 Å². The Balaban J connectivity index is 0.00000289. The Morgan fingerprint density at radius 1 is 1.44 bits per heavy atom. The van der Waals surface area contributed by atoms with Crippen molar-refractivity contribution in [2.24, 2.45) is 5.73 Å². The van der Waals surface area contributed by atoms with Crippen molar-refractivity contribution < 1.29 is 13.3 Å². The van der Waals surface area contributed by atoms with Gasteiger partial charge in [0.15, 0.2) is 4.90 Å². The summed E-state index contributed by atoms with van der Waals surface area (Å²) in [7, 11) is -3.95. The van der Waals surface area contributed by atoms with E-state index in [-0.39, 0.29) is 30.5 Å². The van der Waals surface area contributed by atoms with Gasteiger partial charge in [0.1, 0.15) is 0 Å². The van der Waals surface area contributed by atoms with Crippen molar-refractivity contribution in [1.29, 1.82) is 0 Å². The molecule has 0 spiro atoms. The first kappa shape index (κ1) is 17.1. The predicted molar refractivity (Wildman–Crippen MR) is 69.6 cm³/mol. The van der Waals surface area contributed by atoms with Gasteiger partial charge in [0.05, 0.1) is 4.92 Å². The van der Waals surface area contributed by atoms with Gasteiger partial charge in [0, 0.05) is 24.2 Å². The SMILES string of the molecule is Cl.NCCNS(=O)(=O)c1ccc(Cl)cc1[N+](=O)[O-]. The molecule has 0 saturated carbocycles. The van der Waals surface area contributed by atoms with Crippen LogP contribution in [0.5, 0.6) is 0 Å². The molecule has 0 aliphatic heterocycles. The molecule has 0 aromatic heterocycles. The van der Waals surface area contributed by atoms with E-state index in [2.05, 4.69) is 4.72 Å². The van der Waals surface area contributed by atoms with Crippen LogP contribution < -0.4 is 10.5 Å². The quantitative estimate of drug-likeness (QED) is 0.619. The molecule has 10 heteroatoms. The van der Waals surface area contributed by atoms with E-state index in [1.165, 1.54) is 6.07 Å². The van der Waals surface area contributed by atoms with Crippen LogP contribution in [0.1, 0.15) is 0 Å². The number of rotatable bonds is 5. The van der Waals surface area contributed by atoms with E-state index in [9.17, 15) is 18.5 Å². The van der Waals surface area contributed by atoms with E-state index < -0.39 is 25.5 Å². The maximum Gasteiger partial charge on any atom is 0.290 e. The minimum atomic E-state index is -3.95. The van der Waals surface area contributed by atoms with E-state index in [0.29, 0.717) is 0 Å². The van der Waals surface area contributed by atoms with E-state index in [0.717, 1.165) is 12.1 Å². The Hall–Kier alpha value is -0.930. The zero-order valence-corrected chi connectivity index (χ0v) is 11.4. The highest BCUT2D eigenvalue weighted by Gasteiger charge is 2.25. The Morgan fingerprint density at radius 2 is 2.06 bits per heavy atom. The van der Waals surface area contributed by atoms with Crippen LogP contribution in [-0.4, -0.2) is 26.4 Å². The molecule has 0 heterocycles. The lowest BCUT2D eigenvalue weighted by Gasteiger charge is -2.06. The molecule has 3 N–H and O–H groups in total. The van der Waals surface area contributed by atoms with Crippen LogP contribution in [0.4, 0.5) is 5.69 Å². The summed E-state index contributed by atoms with van der Waals surface area (Å²) >= 11 is 5.58. The van der Waals surface area contributed by atoms with Crippen molar-refractivity contribution in [1.82, 2.24) is 4.72 Å². The summed E-state index contributed by atoms with van der Waals surface area (Å²) in [5.74, 6) is 0. The first-order valence-electron chi connectivity index (χ1n) is 4.52. The molecule has 0 amide bonds. The summed E-state index contributed by atoms with van der Waals surface area (Å²) in [5.41, 5.74) is 4.59. The molecule has 0 unspecified atom stereocenters. The number of nitrogens with zero attached hydrogens (tertiary/aromatic N) is 1. The number of halogens is 2. The highest BCUT2D eigenvalue weighted by molar-refractivity contribution is 7.89. The van der Waals surface area contributed by atoms with Gasteiger partial charge in [-0.2, -0.15) is 0 Å². The smallest absolute Gasteiger partial charge is 0.290 e. The Labute approximate surface area is 115 Å². The normalized spacial score (nSPS) is 10.8. The summed E-state index contributed by atoms with van der Waals surface area (Å²) in [6, 6.07) is 3.34. The van der Waals surface area contributed by atoms with E-state index in [1.807, 2.05) is 0 Å². The second-order valence-electron chi connectivity index (χ2n) is 3.06. The number of hydrogen-bond acceptors (Lipinski definition) is 5. The Kier molecular flexibility index (Phi) is 6.50. The number of nitrogens with two attached hydrogens (primary N) is 1. The third-order valence-corrected chi connectivity index (χ3v) is 3.59. The van der Waals surface area contributed by atoms with Gasteiger partial charge in [0.25, 0.3) is 5.69 Å². The largest absolute Gasteiger partial charge is 0.329 e. The van der Waals surface area contributed by atoms with Gasteiger partial charge in [-0.3, -0.25) is 10.1 Å². The standard InChI is InChI=1S/C8H10ClN3O4S.ClH/c9-6-1-2-8(7(5-6)12(13)14)17(15,16)11-4-3-10;/h1-2,5,11H,3-4,10H2;1H. The first-order valence-corrected chi connectivity index (χ1v) is 6.38. The van der Waals surface area contributed by atoms with Crippen LogP contribution in [0, 0.1) is 10.1 Å². The summed E-state index contributed by atoms with van der Waals surface area (Å²) in [6.07, 6.45) is 0. The van der Waals surface area contributed by atoms with Crippen LogP contribution >= 0.6 is 24.0 Å². The number of nitro benzene ring substituents is 1. The molecule has 0 radical (unpaired) electrons. The summed E-state index contributed by atoms with van der Waals surface area (Å²) in [5, 5.41) is 10.8. The van der Waals surface area contributed by atoms with Crippen molar-refractivity contribution in [2.45, 2.75) is 4.90 Å². The third kappa shape index (κ3) is 4.07. The summed E-state index contributed by atoms with van der Waals surface area (Å²) in [6.45, 7) is 0.0999. The molecule has 1 aromatic rings. The number of nitrogens with one attached hydrogen (secondary N) is 1. The molecule has 0 atom stereocenters. The van der Waals surface area contributed by atoms with Gasteiger partial charge < -0.3 is 5.73 Å². The fourth-order valence-electron chi connectivity index (χ4n) is 1.13. The van der Waals surface area contributed by atoms with Crippen molar-refractivity contribution in [3.05, 3.63) is 33.3 Å². The lowest BCUT2D eigenvalue weighted by atomic mass is 10.3. The second-order valence-corrected chi connectivity index (χ2v) is 5.23. The third-order valence-electron chi connectivity index (χ3n) is 1.84. The first-order chi connectivity index (χ1) is 7.88. The monoisotopic (exact) mass is 315 g/mol. The van der Waals surface area contributed by atoms with Crippen molar-refractivity contribution in [3.8, 4) is 0 Å². The maximum absolute atomic E-state index is 11.7. The van der Waals surface area contributed by atoms with Crippen LogP contribution in [0.15, 0.2) is 23.1 Å². The van der Waals surface area contributed by atoms with Gasteiger partial charge in [-0.15, -0.1) is 12.4 Å². The number of nitro groups is 1. The zero-order valence-electron chi connectivity index (χ0n) is 9.00. The molecule has 0 fully saturated rings. The van der Waals surface area contributed by atoms with Crippen LogP contribution in [0.25, 0.3) is 0 Å². The number of sulfonamides is 1. The average molecular weight is 316 g/mol. The lowest BCUT2D eigenvalue weighted by Crippen LogP contribution is -2.29. The number of benzene rings is 1. The highest BCUT2D eigenvalue weighted by atomic mass is 35.5. The van der Waals surface area contributed by atoms with Gasteiger partial charge >= 0.3 is 0 Å². The molecule has 0 saturated heterocycles. The van der Waals surface area contributed by atoms with Crippen LogP contribution in [0.3, 0.4) is 0 Å². The fourth-order valence-corrected chi connectivity index (χ4v) is 2.50. The lowest BCUT2D eigenvalue weighted by molar-refractivity contribution is -0.387. The maximum atomic E-state index is 11.7. The molecular formula is C8H11Cl2N3O4S. The van der Waals surface area contributed by atoms with E-state index in [1.54, 1.807) is 0 Å². The van der Waals surface area contributed by atoms with Crippen LogP contribution in [0.2, 0.25) is 5.02 Å². The molecule has 1 aromatic carbocycles. The van der Waals surface area contributed by atoms with Gasteiger partial charge in [0.2, 0.25) is 10.0 Å². The zero-order chi connectivity index (χ0) is 13.1. The minimum Gasteiger partial charge on any atom is -0.329 e. The highest BCUT2D eigenvalue weighted by Crippen LogP contribution is 2.26. The molecule has 18 heavy (non-hydrogen) atoms. The van der Waals surface area contributed by atoms with E-state index in [4.69, 9.17) is 17.3 Å². The minimum absolute atomic E-state index is 0. The molecular weight excluding hydrogens is 305 g/mol. The fraction of sp³-hybridized carbons (Fsp3) is 0.250. The summed E-state index contributed by atoms with van der Waals surface area (Å²) in [4.78, 5) is 9.49. The van der Waals surface area contributed by atoms with Gasteiger partial charge in [-0.1, -0.05) is 11.6 Å². The average Bonchev–Trinajstić information content (AvgIpc) is 2.26. The second kappa shape index (κ2) is 6.86. The topological polar surface area (TPSA) is 115 Å². The van der Waals surface area contributed by atoms with Gasteiger partial charge in [-0.25, -0.2) is 13.1 Å². The molecule has 0 aliphatic rings. The molecule has 7 nitrogen and oxygen atoms in total. The van der Waals surface area contributed by atoms with E-state index >= 15 is 0 Å². The molecule has 0 bridgehead atoms. The van der Waals surface area contributed by atoms with Crippen molar-refractivity contribution >= 4 is 39.7 Å². The Morgan fingerprint density at radius 3 is 2.56 bits per heavy atom. The number of hydrogen-bond donors (Lipinski definition) is 2. The molecule has 102 valence electrons. The molecule has 1 rings (SSSR count).